The number of carbonyl (C=O) groups excluding carboxylic acids is 1. The summed E-state index contributed by atoms with van der Waals surface area (Å²) in [6.45, 7) is 0.360. The zero-order chi connectivity index (χ0) is 27.9. The van der Waals surface area contributed by atoms with E-state index in [1.165, 1.54) is 12.4 Å². The van der Waals surface area contributed by atoms with Crippen LogP contribution < -0.4 is 10.6 Å². The molecule has 0 bridgehead atoms. The predicted molar refractivity (Wildman–Crippen MR) is 149 cm³/mol. The van der Waals surface area contributed by atoms with E-state index < -0.39 is 53.2 Å². The molecule has 6 nitrogen and oxygen atoms in total. The number of halogens is 7. The lowest BCUT2D eigenvalue weighted by Gasteiger charge is -2.12. The van der Waals surface area contributed by atoms with Crippen LogP contribution in [0.4, 0.5) is 27.6 Å². The molecule has 1 heterocycles. The molecule has 3 N–H and O–H groups in total. The van der Waals surface area contributed by atoms with Gasteiger partial charge in [0.1, 0.15) is 5.82 Å². The summed E-state index contributed by atoms with van der Waals surface area (Å²) >= 11 is 0. The number of hydrogen-bond acceptors (Lipinski definition) is 4. The van der Waals surface area contributed by atoms with Gasteiger partial charge in [-0.25, -0.2) is 26.9 Å². The van der Waals surface area contributed by atoms with Crippen molar-refractivity contribution in [3.8, 4) is 0 Å². The molecule has 0 saturated carbocycles. The Bertz CT molecular complexity index is 1410. The van der Waals surface area contributed by atoms with E-state index in [-0.39, 0.29) is 37.1 Å². The van der Waals surface area contributed by atoms with Crippen molar-refractivity contribution < 1.29 is 31.9 Å². The van der Waals surface area contributed by atoms with Gasteiger partial charge in [0.05, 0.1) is 19.1 Å². The zero-order valence-electron chi connectivity index (χ0n) is 21.4. The second-order valence-electron chi connectivity index (χ2n) is 8.82. The van der Waals surface area contributed by atoms with Crippen LogP contribution in [-0.2, 0) is 24.2 Å². The van der Waals surface area contributed by atoms with E-state index in [4.69, 9.17) is 0 Å². The normalized spacial score (nSPS) is 11.4. The van der Waals surface area contributed by atoms with E-state index in [1.54, 1.807) is 12.1 Å². The number of carbonyl (C=O) groups is 1. The van der Waals surface area contributed by atoms with Crippen molar-refractivity contribution in [3.05, 3.63) is 119 Å². The molecule has 1 aromatic heterocycles. The number of rotatable bonds is 11. The Morgan fingerprint density at radius 1 is 0.878 bits per heavy atom. The summed E-state index contributed by atoms with van der Waals surface area (Å²) in [4.78, 5) is 16.5. The molecule has 0 fully saturated rings. The lowest BCUT2D eigenvalue weighted by atomic mass is 10.1. The van der Waals surface area contributed by atoms with Gasteiger partial charge in [-0.15, -0.1) is 24.8 Å². The van der Waals surface area contributed by atoms with Gasteiger partial charge in [0.25, 0.3) is 0 Å². The minimum atomic E-state index is -2.23. The Kier molecular flexibility index (Phi) is 12.7. The van der Waals surface area contributed by atoms with Crippen molar-refractivity contribution in [1.82, 2.24) is 14.9 Å². The monoisotopic (exact) mass is 616 g/mol. The molecule has 1 amide bonds. The quantitative estimate of drug-likeness (QED) is 0.0898. The van der Waals surface area contributed by atoms with Gasteiger partial charge in [0, 0.05) is 30.2 Å². The van der Waals surface area contributed by atoms with Crippen LogP contribution in [0.25, 0.3) is 0 Å². The lowest BCUT2D eigenvalue weighted by molar-refractivity contribution is -0.115. The van der Waals surface area contributed by atoms with E-state index in [1.807, 2.05) is 42.5 Å². The summed E-state index contributed by atoms with van der Waals surface area (Å²) in [5, 5.41) is 16.1. The third-order valence-corrected chi connectivity index (χ3v) is 6.10. The van der Waals surface area contributed by atoms with Crippen LogP contribution in [0, 0.1) is 29.1 Å². The Morgan fingerprint density at radius 3 is 2.12 bits per heavy atom. The van der Waals surface area contributed by atoms with Crippen LogP contribution >= 0.6 is 24.8 Å². The number of hydrogen-bond donors (Lipinski definition) is 3. The summed E-state index contributed by atoms with van der Waals surface area (Å²) < 4.78 is 69.6. The largest absolute Gasteiger partial charge is 0.387 e. The minimum absolute atomic E-state index is 0. The van der Waals surface area contributed by atoms with Crippen molar-refractivity contribution in [1.29, 1.82) is 0 Å². The summed E-state index contributed by atoms with van der Waals surface area (Å²) in [6.07, 6.45) is 2.34. The highest BCUT2D eigenvalue weighted by atomic mass is 35.5. The minimum Gasteiger partial charge on any atom is -0.387 e. The van der Waals surface area contributed by atoms with E-state index in [9.17, 15) is 31.9 Å². The number of aliphatic hydroxyl groups excluding tert-OH is 1. The molecule has 0 aliphatic rings. The molecule has 220 valence electrons. The summed E-state index contributed by atoms with van der Waals surface area (Å²) in [5.41, 5.74) is 1.33. The third-order valence-electron chi connectivity index (χ3n) is 6.10. The number of aliphatic hydroxyl groups is 1. The van der Waals surface area contributed by atoms with Crippen molar-refractivity contribution in [2.75, 3.05) is 18.4 Å². The Balaban J connectivity index is 0.00000294. The molecular weight excluding hydrogens is 590 g/mol. The second-order valence-corrected chi connectivity index (χ2v) is 8.82. The highest BCUT2D eigenvalue weighted by molar-refractivity contribution is 5.91. The van der Waals surface area contributed by atoms with E-state index in [2.05, 4.69) is 15.6 Å². The topological polar surface area (TPSA) is 79.2 Å². The van der Waals surface area contributed by atoms with E-state index in [0.717, 1.165) is 15.7 Å². The van der Waals surface area contributed by atoms with Crippen molar-refractivity contribution in [2.45, 2.75) is 25.5 Å². The first-order valence-electron chi connectivity index (χ1n) is 12.1. The fourth-order valence-corrected chi connectivity index (χ4v) is 3.98. The van der Waals surface area contributed by atoms with Gasteiger partial charge in [-0.2, -0.15) is 0 Å². The maximum Gasteiger partial charge on any atom is 0.231 e. The Labute approximate surface area is 245 Å². The number of benzene rings is 3. The maximum absolute atomic E-state index is 14.1. The predicted octanol–water partition coefficient (Wildman–Crippen LogP) is 5.52. The van der Waals surface area contributed by atoms with Gasteiger partial charge >= 0.3 is 0 Å². The van der Waals surface area contributed by atoms with E-state index >= 15 is 0 Å². The van der Waals surface area contributed by atoms with Gasteiger partial charge < -0.3 is 20.3 Å². The molecule has 13 heteroatoms. The molecule has 0 aliphatic carbocycles. The molecule has 0 spiro atoms. The van der Waals surface area contributed by atoms with Gasteiger partial charge in [0.15, 0.2) is 23.3 Å². The van der Waals surface area contributed by atoms with Crippen LogP contribution in [-0.4, -0.2) is 33.7 Å². The molecule has 3 aromatic carbocycles. The number of imidazole rings is 1. The van der Waals surface area contributed by atoms with Crippen LogP contribution in [0.1, 0.15) is 28.6 Å². The van der Waals surface area contributed by atoms with Gasteiger partial charge in [-0.3, -0.25) is 4.79 Å². The summed E-state index contributed by atoms with van der Waals surface area (Å²) in [5.74, 6) is -10.6. The van der Waals surface area contributed by atoms with Crippen LogP contribution in [0.3, 0.4) is 0 Å². The lowest BCUT2D eigenvalue weighted by Crippen LogP contribution is -2.23. The first-order valence-corrected chi connectivity index (χ1v) is 12.1. The first kappa shape index (κ1) is 33.7. The highest BCUT2D eigenvalue weighted by Gasteiger charge is 2.26. The summed E-state index contributed by atoms with van der Waals surface area (Å²) in [7, 11) is 0. The number of anilines is 1. The van der Waals surface area contributed by atoms with Gasteiger partial charge in [-0.1, -0.05) is 42.5 Å². The number of nitrogens with zero attached hydrogens (tertiary/aromatic N) is 2. The molecule has 0 radical (unpaired) electrons. The average molecular weight is 617 g/mol. The van der Waals surface area contributed by atoms with Gasteiger partial charge in [-0.05, 0) is 36.2 Å². The number of amides is 1. The zero-order valence-corrected chi connectivity index (χ0v) is 23.1. The standard InChI is InChI=1S/C28H25F5N4O2.2ClH/c29-24-20(25(30)27(32)28(33)26(24)31)16-37-13-12-35-22(37)14-23(39)36-19-8-6-17(7-9-19)10-11-34-15-21(38)18-4-2-1-3-5-18;;/h1-9,12-13,21,34,38H,10-11,14-16H2,(H,36,39);2*1H/t21-;;/m0../s1. The van der Waals surface area contributed by atoms with Crippen molar-refractivity contribution in [2.24, 2.45) is 0 Å². The SMILES string of the molecule is Cl.Cl.O=C(Cc1nccn1Cc1c(F)c(F)c(F)c(F)c1F)Nc1ccc(CCNC[C@H](O)c2ccccc2)cc1. The molecule has 0 aliphatic heterocycles. The van der Waals surface area contributed by atoms with Crippen molar-refractivity contribution in [3.63, 3.8) is 0 Å². The highest BCUT2D eigenvalue weighted by Crippen LogP contribution is 2.24. The molecule has 0 unspecified atom stereocenters. The number of nitrogens with one attached hydrogen (secondary N) is 2. The fourth-order valence-electron chi connectivity index (χ4n) is 3.98. The summed E-state index contributed by atoms with van der Waals surface area (Å²) in [6, 6.07) is 16.5. The second kappa shape index (κ2) is 15.5. The fraction of sp³-hybridized carbons (Fsp3) is 0.214. The Morgan fingerprint density at radius 2 is 1.49 bits per heavy atom. The molecule has 1 atom stereocenters. The van der Waals surface area contributed by atoms with Crippen molar-refractivity contribution >= 4 is 36.4 Å². The molecule has 41 heavy (non-hydrogen) atoms. The van der Waals surface area contributed by atoms with Crippen LogP contribution in [0.5, 0.6) is 0 Å². The molecule has 4 rings (SSSR count). The van der Waals surface area contributed by atoms with E-state index in [0.29, 0.717) is 25.2 Å². The average Bonchev–Trinajstić information content (AvgIpc) is 3.38. The molecular formula is C28H27Cl2F5N4O2. The molecule has 4 aromatic rings. The Hall–Kier alpha value is -3.51. The number of aromatic nitrogens is 2. The third kappa shape index (κ3) is 8.49. The maximum atomic E-state index is 14.1. The van der Waals surface area contributed by atoms with Gasteiger partial charge in [0.2, 0.25) is 11.7 Å². The first-order chi connectivity index (χ1) is 18.7. The molecule has 0 saturated heterocycles. The van der Waals surface area contributed by atoms with Crippen LogP contribution in [0.2, 0.25) is 0 Å². The van der Waals surface area contributed by atoms with Crippen LogP contribution in [0.15, 0.2) is 67.0 Å². The smallest absolute Gasteiger partial charge is 0.231 e.